The molecule has 2 saturated carbocycles. The first kappa shape index (κ1) is 12.0. The second-order valence-corrected chi connectivity index (χ2v) is 7.49. The Bertz CT molecular complexity index is 317. The van der Waals surface area contributed by atoms with Crippen LogP contribution < -0.4 is 0 Å². The first-order valence-electron chi connectivity index (χ1n) is 7.31. The first-order valence-corrected chi connectivity index (χ1v) is 7.31. The Morgan fingerprint density at radius 2 is 1.88 bits per heavy atom. The largest absolute Gasteiger partial charge is 0.302 e. The molecule has 0 N–H and O–H groups in total. The minimum atomic E-state index is -0.861. The summed E-state index contributed by atoms with van der Waals surface area (Å²) in [5.41, 5.74) is -0.237. The van der Waals surface area contributed by atoms with E-state index >= 15 is 0 Å². The number of likely N-dealkylation sites (tertiary alicyclic amines) is 1. The van der Waals surface area contributed by atoms with E-state index in [1.165, 1.54) is 32.4 Å². The van der Waals surface area contributed by atoms with Gasteiger partial charge in [0.1, 0.15) is 5.67 Å². The fraction of sp³-hybridized carbons (Fsp3) is 1.00. The van der Waals surface area contributed by atoms with E-state index in [9.17, 15) is 4.39 Å². The van der Waals surface area contributed by atoms with E-state index in [0.29, 0.717) is 5.41 Å². The lowest BCUT2D eigenvalue weighted by atomic mass is 9.88. The molecule has 17 heavy (non-hydrogen) atoms. The van der Waals surface area contributed by atoms with E-state index in [2.05, 4.69) is 18.7 Å². The molecule has 1 saturated heterocycles. The Morgan fingerprint density at radius 3 is 2.35 bits per heavy atom. The second-order valence-electron chi connectivity index (χ2n) is 7.49. The SMILES string of the molecule is CC(C)C1(CN2CCCC3(C2)CC3(C)F)CC1. The van der Waals surface area contributed by atoms with Crippen LogP contribution in [0.15, 0.2) is 0 Å². The summed E-state index contributed by atoms with van der Waals surface area (Å²) in [6, 6.07) is 0. The van der Waals surface area contributed by atoms with Gasteiger partial charge in [-0.15, -0.1) is 0 Å². The van der Waals surface area contributed by atoms with Crippen LogP contribution in [-0.4, -0.2) is 30.2 Å². The molecule has 2 atom stereocenters. The highest BCUT2D eigenvalue weighted by atomic mass is 19.1. The minimum Gasteiger partial charge on any atom is -0.302 e. The summed E-state index contributed by atoms with van der Waals surface area (Å²) in [7, 11) is 0. The molecule has 0 amide bonds. The van der Waals surface area contributed by atoms with Crippen molar-refractivity contribution >= 4 is 0 Å². The van der Waals surface area contributed by atoms with Gasteiger partial charge in [0.15, 0.2) is 0 Å². The van der Waals surface area contributed by atoms with Gasteiger partial charge in [-0.05, 0) is 56.9 Å². The molecular formula is C15H26FN. The number of rotatable bonds is 3. The zero-order valence-corrected chi connectivity index (χ0v) is 11.6. The summed E-state index contributed by atoms with van der Waals surface area (Å²) in [6.45, 7) is 9.96. The van der Waals surface area contributed by atoms with Gasteiger partial charge >= 0.3 is 0 Å². The highest BCUT2D eigenvalue weighted by Gasteiger charge is 2.66. The van der Waals surface area contributed by atoms with Gasteiger partial charge < -0.3 is 4.90 Å². The van der Waals surface area contributed by atoms with Crippen LogP contribution in [0, 0.1) is 16.7 Å². The van der Waals surface area contributed by atoms with Crippen molar-refractivity contribution in [3.05, 3.63) is 0 Å². The zero-order valence-electron chi connectivity index (χ0n) is 11.6. The van der Waals surface area contributed by atoms with Gasteiger partial charge in [-0.2, -0.15) is 0 Å². The number of halogens is 1. The molecule has 2 heteroatoms. The predicted octanol–water partition coefficient (Wildman–Crippen LogP) is 3.64. The monoisotopic (exact) mass is 239 g/mol. The maximum Gasteiger partial charge on any atom is 0.115 e. The van der Waals surface area contributed by atoms with Crippen molar-refractivity contribution < 1.29 is 4.39 Å². The number of piperidine rings is 1. The Hall–Kier alpha value is -0.110. The van der Waals surface area contributed by atoms with E-state index in [0.717, 1.165) is 25.3 Å². The Morgan fingerprint density at radius 1 is 1.24 bits per heavy atom. The lowest BCUT2D eigenvalue weighted by Crippen LogP contribution is -2.43. The van der Waals surface area contributed by atoms with E-state index in [1.54, 1.807) is 0 Å². The molecule has 0 radical (unpaired) electrons. The molecule has 0 aromatic rings. The quantitative estimate of drug-likeness (QED) is 0.727. The summed E-state index contributed by atoms with van der Waals surface area (Å²) < 4.78 is 14.1. The predicted molar refractivity (Wildman–Crippen MR) is 68.7 cm³/mol. The number of hydrogen-bond acceptors (Lipinski definition) is 1. The van der Waals surface area contributed by atoms with Crippen molar-refractivity contribution in [2.24, 2.45) is 16.7 Å². The molecule has 1 aliphatic heterocycles. The fourth-order valence-electron chi connectivity index (χ4n) is 4.05. The third kappa shape index (κ3) is 1.83. The van der Waals surface area contributed by atoms with E-state index in [1.807, 2.05) is 6.92 Å². The second kappa shape index (κ2) is 3.46. The zero-order chi connectivity index (χ0) is 12.3. The lowest BCUT2D eigenvalue weighted by molar-refractivity contribution is 0.0867. The van der Waals surface area contributed by atoms with Crippen LogP contribution in [0.25, 0.3) is 0 Å². The van der Waals surface area contributed by atoms with Crippen molar-refractivity contribution in [1.82, 2.24) is 4.90 Å². The molecule has 2 aliphatic carbocycles. The van der Waals surface area contributed by atoms with Crippen LogP contribution >= 0.6 is 0 Å². The van der Waals surface area contributed by atoms with Crippen molar-refractivity contribution in [2.45, 2.75) is 58.5 Å². The van der Waals surface area contributed by atoms with Crippen LogP contribution in [0.4, 0.5) is 4.39 Å². The third-order valence-corrected chi connectivity index (χ3v) is 5.96. The number of hydrogen-bond donors (Lipinski definition) is 0. The fourth-order valence-corrected chi connectivity index (χ4v) is 4.05. The maximum atomic E-state index is 14.1. The summed E-state index contributed by atoms with van der Waals surface area (Å²) in [4.78, 5) is 2.57. The van der Waals surface area contributed by atoms with Gasteiger partial charge in [0, 0.05) is 18.5 Å². The lowest BCUT2D eigenvalue weighted by Gasteiger charge is -2.37. The van der Waals surface area contributed by atoms with Gasteiger partial charge in [-0.1, -0.05) is 13.8 Å². The molecule has 3 rings (SSSR count). The molecule has 1 nitrogen and oxygen atoms in total. The summed E-state index contributed by atoms with van der Waals surface area (Å²) in [5, 5.41) is 0. The van der Waals surface area contributed by atoms with Gasteiger partial charge in [0.2, 0.25) is 0 Å². The summed E-state index contributed by atoms with van der Waals surface area (Å²) in [6.07, 6.45) is 5.91. The Labute approximate surface area is 105 Å². The van der Waals surface area contributed by atoms with E-state index in [-0.39, 0.29) is 5.41 Å². The summed E-state index contributed by atoms with van der Waals surface area (Å²) >= 11 is 0. The Kier molecular flexibility index (Phi) is 2.44. The Balaban J connectivity index is 1.62. The molecule has 3 aliphatic rings. The molecule has 2 unspecified atom stereocenters. The average molecular weight is 239 g/mol. The van der Waals surface area contributed by atoms with Gasteiger partial charge in [-0.3, -0.25) is 0 Å². The minimum absolute atomic E-state index is 0.0400. The van der Waals surface area contributed by atoms with Crippen molar-refractivity contribution in [2.75, 3.05) is 19.6 Å². The van der Waals surface area contributed by atoms with Crippen LogP contribution in [0.2, 0.25) is 0 Å². The molecule has 98 valence electrons. The van der Waals surface area contributed by atoms with E-state index < -0.39 is 5.67 Å². The van der Waals surface area contributed by atoms with Gasteiger partial charge in [0.05, 0.1) is 0 Å². The molecule has 0 bridgehead atoms. The average Bonchev–Trinajstić information content (AvgIpc) is 3.07. The highest BCUT2D eigenvalue weighted by Crippen LogP contribution is 2.64. The molecule has 0 aromatic carbocycles. The molecule has 3 fully saturated rings. The topological polar surface area (TPSA) is 3.24 Å². The van der Waals surface area contributed by atoms with Gasteiger partial charge in [-0.25, -0.2) is 4.39 Å². The maximum absolute atomic E-state index is 14.1. The summed E-state index contributed by atoms with van der Waals surface area (Å²) in [5.74, 6) is 0.788. The van der Waals surface area contributed by atoms with Crippen molar-refractivity contribution in [3.8, 4) is 0 Å². The third-order valence-electron chi connectivity index (χ3n) is 5.96. The molecule has 1 heterocycles. The van der Waals surface area contributed by atoms with Crippen LogP contribution in [0.1, 0.15) is 52.9 Å². The van der Waals surface area contributed by atoms with Crippen LogP contribution in [0.3, 0.4) is 0 Å². The highest BCUT2D eigenvalue weighted by molar-refractivity contribution is 5.16. The molecular weight excluding hydrogens is 213 g/mol. The van der Waals surface area contributed by atoms with Crippen molar-refractivity contribution in [1.29, 1.82) is 0 Å². The number of nitrogens with zero attached hydrogens (tertiary/aromatic N) is 1. The van der Waals surface area contributed by atoms with E-state index in [4.69, 9.17) is 0 Å². The molecule has 1 spiro atoms. The van der Waals surface area contributed by atoms with Crippen LogP contribution in [-0.2, 0) is 0 Å². The van der Waals surface area contributed by atoms with Gasteiger partial charge in [0.25, 0.3) is 0 Å². The molecule has 0 aromatic heterocycles. The van der Waals surface area contributed by atoms with Crippen molar-refractivity contribution in [3.63, 3.8) is 0 Å². The van der Waals surface area contributed by atoms with Crippen LogP contribution in [0.5, 0.6) is 0 Å². The smallest absolute Gasteiger partial charge is 0.115 e. The first-order chi connectivity index (χ1) is 7.89. The normalized spacial score (nSPS) is 44.3. The number of alkyl halides is 1. The standard InChI is InChI=1S/C15H26FN/c1-12(2)14(6-7-14)10-17-8-4-5-15(11-17)9-13(15,3)16/h12H,4-11H2,1-3H3.